The molecule has 24 heavy (non-hydrogen) atoms. The fourth-order valence-electron chi connectivity index (χ4n) is 2.46. The molecule has 0 radical (unpaired) electrons. The number of imidazole rings is 1. The minimum Gasteiger partial charge on any atom is -0.378 e. The van der Waals surface area contributed by atoms with Gasteiger partial charge in [-0.05, 0) is 18.2 Å². The van der Waals surface area contributed by atoms with E-state index in [0.717, 1.165) is 23.9 Å². The maximum absolute atomic E-state index is 12.1. The number of nitrogens with zero attached hydrogens (tertiary/aromatic N) is 3. The zero-order valence-corrected chi connectivity index (χ0v) is 14.9. The summed E-state index contributed by atoms with van der Waals surface area (Å²) in [6.45, 7) is 3.07. The van der Waals surface area contributed by atoms with Crippen molar-refractivity contribution in [2.24, 2.45) is 7.05 Å². The predicted molar refractivity (Wildman–Crippen MR) is 97.0 cm³/mol. The summed E-state index contributed by atoms with van der Waals surface area (Å²) in [5.41, 5.74) is 1.67. The molecule has 1 aromatic carbocycles. The van der Waals surface area contributed by atoms with Crippen LogP contribution in [0.25, 0.3) is 0 Å². The summed E-state index contributed by atoms with van der Waals surface area (Å²) in [5, 5.41) is 4.31. The summed E-state index contributed by atoms with van der Waals surface area (Å²) in [5.74, 6) is 0.214. The number of halogens is 1. The second-order valence-corrected chi connectivity index (χ2v) is 6.77. The van der Waals surface area contributed by atoms with Gasteiger partial charge in [-0.3, -0.25) is 4.79 Å². The first kappa shape index (κ1) is 17.1. The lowest BCUT2D eigenvalue weighted by Crippen LogP contribution is -2.36. The number of carbonyl (C=O) groups is 1. The second-order valence-electron chi connectivity index (χ2n) is 5.42. The van der Waals surface area contributed by atoms with Crippen molar-refractivity contribution in [1.82, 2.24) is 9.55 Å². The van der Waals surface area contributed by atoms with Crippen LogP contribution in [0.3, 0.4) is 0 Å². The van der Waals surface area contributed by atoms with Crippen LogP contribution >= 0.6 is 23.4 Å². The molecule has 3 rings (SSSR count). The molecule has 1 aliphatic rings. The highest BCUT2D eigenvalue weighted by Gasteiger charge is 2.15. The number of anilines is 2. The molecular weight excluding hydrogens is 348 g/mol. The van der Waals surface area contributed by atoms with Crippen LogP contribution in [0.4, 0.5) is 11.4 Å². The fourth-order valence-corrected chi connectivity index (χ4v) is 3.50. The van der Waals surface area contributed by atoms with Crippen molar-refractivity contribution in [3.05, 3.63) is 35.6 Å². The van der Waals surface area contributed by atoms with Gasteiger partial charge in [0.25, 0.3) is 0 Å². The van der Waals surface area contributed by atoms with Crippen molar-refractivity contribution in [3.8, 4) is 0 Å². The van der Waals surface area contributed by atoms with Gasteiger partial charge in [-0.15, -0.1) is 0 Å². The topological polar surface area (TPSA) is 59.4 Å². The van der Waals surface area contributed by atoms with E-state index in [9.17, 15) is 4.79 Å². The van der Waals surface area contributed by atoms with Gasteiger partial charge in [0.1, 0.15) is 0 Å². The zero-order valence-electron chi connectivity index (χ0n) is 13.4. The number of amides is 1. The smallest absolute Gasteiger partial charge is 0.234 e. The van der Waals surface area contributed by atoms with Gasteiger partial charge in [0.15, 0.2) is 5.16 Å². The number of hydrogen-bond acceptors (Lipinski definition) is 5. The number of ether oxygens (including phenoxy) is 1. The lowest BCUT2D eigenvalue weighted by molar-refractivity contribution is -0.113. The molecule has 1 N–H and O–H groups in total. The van der Waals surface area contributed by atoms with E-state index < -0.39 is 0 Å². The van der Waals surface area contributed by atoms with Gasteiger partial charge in [-0.2, -0.15) is 0 Å². The third kappa shape index (κ3) is 4.23. The average molecular weight is 367 g/mol. The molecule has 128 valence electrons. The average Bonchev–Trinajstić information content (AvgIpc) is 2.99. The van der Waals surface area contributed by atoms with E-state index in [0.29, 0.717) is 29.7 Å². The molecule has 6 nitrogen and oxygen atoms in total. The molecule has 0 bridgehead atoms. The molecule has 0 saturated carbocycles. The molecule has 1 fully saturated rings. The Balaban J connectivity index is 1.57. The SMILES string of the molecule is Cn1ccnc1SCC(=O)Nc1ccc(N2CCOCC2)c(Cl)c1. The van der Waals surface area contributed by atoms with Crippen LogP contribution in [0.5, 0.6) is 0 Å². The summed E-state index contributed by atoms with van der Waals surface area (Å²) in [4.78, 5) is 18.4. The molecule has 0 aliphatic carbocycles. The van der Waals surface area contributed by atoms with Crippen molar-refractivity contribution in [2.45, 2.75) is 5.16 Å². The lowest BCUT2D eigenvalue weighted by atomic mass is 10.2. The minimum atomic E-state index is -0.0850. The first-order valence-corrected chi connectivity index (χ1v) is 9.02. The Morgan fingerprint density at radius 2 is 2.21 bits per heavy atom. The van der Waals surface area contributed by atoms with Crippen LogP contribution in [0.15, 0.2) is 35.7 Å². The Morgan fingerprint density at radius 1 is 1.42 bits per heavy atom. The first-order chi connectivity index (χ1) is 11.6. The quantitative estimate of drug-likeness (QED) is 0.824. The summed E-state index contributed by atoms with van der Waals surface area (Å²) in [6, 6.07) is 5.60. The number of thioether (sulfide) groups is 1. The highest BCUT2D eigenvalue weighted by Crippen LogP contribution is 2.29. The number of hydrogen-bond donors (Lipinski definition) is 1. The highest BCUT2D eigenvalue weighted by atomic mass is 35.5. The van der Waals surface area contributed by atoms with Crippen molar-refractivity contribution in [2.75, 3.05) is 42.3 Å². The van der Waals surface area contributed by atoms with Crippen molar-refractivity contribution < 1.29 is 9.53 Å². The number of rotatable bonds is 5. The Kier molecular flexibility index (Phi) is 5.65. The number of morpholine rings is 1. The van der Waals surface area contributed by atoms with Crippen LogP contribution < -0.4 is 10.2 Å². The standard InChI is InChI=1S/C16H19ClN4O2S/c1-20-5-4-18-16(20)24-11-15(22)19-12-2-3-14(13(17)10-12)21-6-8-23-9-7-21/h2-5,10H,6-9,11H2,1H3,(H,19,22). The van der Waals surface area contributed by atoms with Crippen molar-refractivity contribution >= 4 is 40.6 Å². The number of carbonyl (C=O) groups excluding carboxylic acids is 1. The van der Waals surface area contributed by atoms with Crippen LogP contribution in [0, 0.1) is 0 Å². The Hall–Kier alpha value is -1.70. The molecule has 8 heteroatoms. The lowest BCUT2D eigenvalue weighted by Gasteiger charge is -2.29. The second kappa shape index (κ2) is 7.92. The minimum absolute atomic E-state index is 0.0850. The predicted octanol–water partition coefficient (Wildman–Crippen LogP) is 2.64. The number of aryl methyl sites for hydroxylation is 1. The Morgan fingerprint density at radius 3 is 2.88 bits per heavy atom. The summed E-state index contributed by atoms with van der Waals surface area (Å²) in [7, 11) is 1.90. The van der Waals surface area contributed by atoms with Gasteiger partial charge in [0, 0.05) is 38.2 Å². The largest absolute Gasteiger partial charge is 0.378 e. The van der Waals surface area contributed by atoms with Crippen LogP contribution in [-0.4, -0.2) is 47.5 Å². The van der Waals surface area contributed by atoms with Crippen LogP contribution in [0.1, 0.15) is 0 Å². The summed E-state index contributed by atoms with van der Waals surface area (Å²) in [6.07, 6.45) is 3.56. The Bertz CT molecular complexity index is 716. The summed E-state index contributed by atoms with van der Waals surface area (Å²) >= 11 is 7.77. The fraction of sp³-hybridized carbons (Fsp3) is 0.375. The third-order valence-corrected chi connectivity index (χ3v) is 5.05. The van der Waals surface area contributed by atoms with E-state index in [4.69, 9.17) is 16.3 Å². The number of nitrogens with one attached hydrogen (secondary N) is 1. The number of aromatic nitrogens is 2. The molecule has 1 aromatic heterocycles. The molecule has 2 heterocycles. The van der Waals surface area contributed by atoms with E-state index in [1.807, 2.05) is 29.9 Å². The molecular formula is C16H19ClN4O2S. The normalized spacial score (nSPS) is 14.7. The van der Waals surface area contributed by atoms with Gasteiger partial charge in [0.05, 0.1) is 29.7 Å². The van der Waals surface area contributed by atoms with Gasteiger partial charge >= 0.3 is 0 Å². The highest BCUT2D eigenvalue weighted by molar-refractivity contribution is 7.99. The number of benzene rings is 1. The molecule has 0 atom stereocenters. The summed E-state index contributed by atoms with van der Waals surface area (Å²) < 4.78 is 7.23. The van der Waals surface area contributed by atoms with E-state index in [1.165, 1.54) is 11.8 Å². The van der Waals surface area contributed by atoms with E-state index in [1.54, 1.807) is 12.3 Å². The maximum Gasteiger partial charge on any atom is 0.234 e. The van der Waals surface area contributed by atoms with Gasteiger partial charge in [-0.1, -0.05) is 23.4 Å². The molecule has 1 aliphatic heterocycles. The molecule has 0 unspecified atom stereocenters. The van der Waals surface area contributed by atoms with Crippen LogP contribution in [0.2, 0.25) is 5.02 Å². The monoisotopic (exact) mass is 366 g/mol. The van der Waals surface area contributed by atoms with Gasteiger partial charge in [0.2, 0.25) is 5.91 Å². The van der Waals surface area contributed by atoms with E-state index in [2.05, 4.69) is 15.2 Å². The maximum atomic E-state index is 12.1. The zero-order chi connectivity index (χ0) is 16.9. The molecule has 1 saturated heterocycles. The van der Waals surface area contributed by atoms with Crippen LogP contribution in [-0.2, 0) is 16.6 Å². The van der Waals surface area contributed by atoms with Gasteiger partial charge < -0.3 is 19.5 Å². The molecule has 1 amide bonds. The Labute approximate surface area is 150 Å². The molecule has 0 spiro atoms. The van der Waals surface area contributed by atoms with E-state index >= 15 is 0 Å². The van der Waals surface area contributed by atoms with E-state index in [-0.39, 0.29) is 5.91 Å². The third-order valence-electron chi connectivity index (χ3n) is 3.69. The van der Waals surface area contributed by atoms with Crippen molar-refractivity contribution in [3.63, 3.8) is 0 Å². The first-order valence-electron chi connectivity index (χ1n) is 7.66. The van der Waals surface area contributed by atoms with Gasteiger partial charge in [-0.25, -0.2) is 4.98 Å². The molecule has 2 aromatic rings. The van der Waals surface area contributed by atoms with Crippen molar-refractivity contribution in [1.29, 1.82) is 0 Å².